The number of nitrogens with two attached hydrogens (primary N) is 1. The lowest BCUT2D eigenvalue weighted by Gasteiger charge is -2.12. The SMILES string of the molecule is Cc1cc(Br)cc(N)c1NC(=O)c1cccnc1C. The van der Waals surface area contributed by atoms with Crippen molar-refractivity contribution in [2.75, 3.05) is 11.1 Å². The molecule has 0 saturated heterocycles. The predicted octanol–water partition coefficient (Wildman–Crippen LogP) is 3.30. The van der Waals surface area contributed by atoms with Crippen LogP contribution in [0.4, 0.5) is 11.4 Å². The number of rotatable bonds is 2. The Labute approximate surface area is 120 Å². The predicted molar refractivity (Wildman–Crippen MR) is 80.2 cm³/mol. The summed E-state index contributed by atoms with van der Waals surface area (Å²) in [7, 11) is 0. The fraction of sp³-hybridized carbons (Fsp3) is 0.143. The van der Waals surface area contributed by atoms with Crippen LogP contribution in [0.25, 0.3) is 0 Å². The zero-order chi connectivity index (χ0) is 14.0. The Morgan fingerprint density at radius 2 is 2.11 bits per heavy atom. The normalized spacial score (nSPS) is 10.3. The summed E-state index contributed by atoms with van der Waals surface area (Å²) in [5.41, 5.74) is 9.23. The summed E-state index contributed by atoms with van der Waals surface area (Å²) >= 11 is 3.37. The molecule has 0 aliphatic heterocycles. The molecular formula is C14H14BrN3O. The number of aromatic nitrogens is 1. The standard InChI is InChI=1S/C14H14BrN3O/c1-8-6-10(15)7-12(16)13(8)18-14(19)11-4-3-5-17-9(11)2/h3-7H,16H2,1-2H3,(H,18,19). The first-order valence-corrected chi connectivity index (χ1v) is 6.57. The summed E-state index contributed by atoms with van der Waals surface area (Å²) < 4.78 is 0.887. The molecule has 1 heterocycles. The fourth-order valence-electron chi connectivity index (χ4n) is 1.84. The molecule has 1 aromatic carbocycles. The Hall–Kier alpha value is -1.88. The second-order valence-electron chi connectivity index (χ2n) is 4.28. The van der Waals surface area contributed by atoms with Crippen LogP contribution in [-0.4, -0.2) is 10.9 Å². The molecule has 0 spiro atoms. The van der Waals surface area contributed by atoms with Gasteiger partial charge in [-0.25, -0.2) is 0 Å². The number of aryl methyl sites for hydroxylation is 2. The molecule has 19 heavy (non-hydrogen) atoms. The van der Waals surface area contributed by atoms with E-state index in [0.717, 1.165) is 10.0 Å². The average Bonchev–Trinajstić information content (AvgIpc) is 2.34. The first kappa shape index (κ1) is 13.5. The van der Waals surface area contributed by atoms with Crippen molar-refractivity contribution < 1.29 is 4.79 Å². The molecule has 0 bridgehead atoms. The Morgan fingerprint density at radius 1 is 1.37 bits per heavy atom. The van der Waals surface area contributed by atoms with Gasteiger partial charge in [-0.1, -0.05) is 15.9 Å². The summed E-state index contributed by atoms with van der Waals surface area (Å²) in [6.07, 6.45) is 1.66. The van der Waals surface area contributed by atoms with E-state index in [1.54, 1.807) is 31.3 Å². The Bertz CT molecular complexity index is 617. The number of benzene rings is 1. The highest BCUT2D eigenvalue weighted by Gasteiger charge is 2.13. The van der Waals surface area contributed by atoms with Gasteiger partial charge in [0.2, 0.25) is 0 Å². The van der Waals surface area contributed by atoms with E-state index in [0.29, 0.717) is 22.6 Å². The maximum atomic E-state index is 12.2. The second-order valence-corrected chi connectivity index (χ2v) is 5.19. The average molecular weight is 320 g/mol. The van der Waals surface area contributed by atoms with Crippen molar-refractivity contribution in [3.8, 4) is 0 Å². The van der Waals surface area contributed by atoms with E-state index >= 15 is 0 Å². The molecular weight excluding hydrogens is 306 g/mol. The maximum Gasteiger partial charge on any atom is 0.257 e. The summed E-state index contributed by atoms with van der Waals surface area (Å²) in [6.45, 7) is 3.69. The fourth-order valence-corrected chi connectivity index (χ4v) is 2.43. The summed E-state index contributed by atoms with van der Waals surface area (Å²) in [5, 5.41) is 2.84. The lowest BCUT2D eigenvalue weighted by atomic mass is 10.1. The molecule has 2 aromatic rings. The van der Waals surface area contributed by atoms with E-state index in [2.05, 4.69) is 26.2 Å². The van der Waals surface area contributed by atoms with Gasteiger partial charge in [0.05, 0.1) is 16.9 Å². The third-order valence-electron chi connectivity index (χ3n) is 2.82. The van der Waals surface area contributed by atoms with Crippen molar-refractivity contribution in [3.05, 3.63) is 51.8 Å². The van der Waals surface area contributed by atoms with Crippen LogP contribution in [0.15, 0.2) is 34.9 Å². The molecule has 0 atom stereocenters. The van der Waals surface area contributed by atoms with Gasteiger partial charge in [-0.3, -0.25) is 9.78 Å². The Balaban J connectivity index is 2.32. The van der Waals surface area contributed by atoms with Crippen molar-refractivity contribution in [1.29, 1.82) is 0 Å². The number of anilines is 2. The van der Waals surface area contributed by atoms with E-state index in [1.807, 2.05) is 13.0 Å². The van der Waals surface area contributed by atoms with Crippen LogP contribution in [-0.2, 0) is 0 Å². The number of halogens is 1. The smallest absolute Gasteiger partial charge is 0.257 e. The van der Waals surface area contributed by atoms with Crippen molar-refractivity contribution >= 4 is 33.2 Å². The van der Waals surface area contributed by atoms with Crippen molar-refractivity contribution in [2.45, 2.75) is 13.8 Å². The van der Waals surface area contributed by atoms with Crippen LogP contribution in [0, 0.1) is 13.8 Å². The number of hydrogen-bond acceptors (Lipinski definition) is 3. The van der Waals surface area contributed by atoms with Crippen LogP contribution >= 0.6 is 15.9 Å². The molecule has 5 heteroatoms. The van der Waals surface area contributed by atoms with E-state index in [9.17, 15) is 4.79 Å². The van der Waals surface area contributed by atoms with Crippen LogP contribution in [0.3, 0.4) is 0 Å². The quantitative estimate of drug-likeness (QED) is 0.834. The van der Waals surface area contributed by atoms with E-state index in [-0.39, 0.29) is 5.91 Å². The zero-order valence-electron chi connectivity index (χ0n) is 10.7. The zero-order valence-corrected chi connectivity index (χ0v) is 12.3. The number of carbonyl (C=O) groups is 1. The van der Waals surface area contributed by atoms with Crippen molar-refractivity contribution in [1.82, 2.24) is 4.98 Å². The minimum atomic E-state index is -0.206. The molecule has 1 amide bonds. The van der Waals surface area contributed by atoms with Crippen molar-refractivity contribution in [3.63, 3.8) is 0 Å². The van der Waals surface area contributed by atoms with Gasteiger partial charge in [0.25, 0.3) is 5.91 Å². The number of nitrogens with one attached hydrogen (secondary N) is 1. The van der Waals surface area contributed by atoms with E-state index in [1.165, 1.54) is 0 Å². The number of pyridine rings is 1. The van der Waals surface area contributed by atoms with Crippen LogP contribution in [0.2, 0.25) is 0 Å². The van der Waals surface area contributed by atoms with Crippen LogP contribution in [0.5, 0.6) is 0 Å². The van der Waals surface area contributed by atoms with E-state index in [4.69, 9.17) is 5.73 Å². The highest BCUT2D eigenvalue weighted by Crippen LogP contribution is 2.28. The summed E-state index contributed by atoms with van der Waals surface area (Å²) in [6, 6.07) is 7.14. The summed E-state index contributed by atoms with van der Waals surface area (Å²) in [5.74, 6) is -0.206. The number of amides is 1. The van der Waals surface area contributed by atoms with Crippen LogP contribution in [0.1, 0.15) is 21.6 Å². The van der Waals surface area contributed by atoms with E-state index < -0.39 is 0 Å². The highest BCUT2D eigenvalue weighted by atomic mass is 79.9. The molecule has 98 valence electrons. The van der Waals surface area contributed by atoms with Gasteiger partial charge in [0.1, 0.15) is 0 Å². The molecule has 0 aliphatic carbocycles. The van der Waals surface area contributed by atoms with Crippen molar-refractivity contribution in [2.24, 2.45) is 0 Å². The molecule has 0 saturated carbocycles. The van der Waals surface area contributed by atoms with Crippen LogP contribution < -0.4 is 11.1 Å². The number of nitrogen functional groups attached to an aromatic ring is 1. The number of carbonyl (C=O) groups excluding carboxylic acids is 1. The minimum Gasteiger partial charge on any atom is -0.397 e. The molecule has 1 aromatic heterocycles. The molecule has 2 rings (SSSR count). The number of hydrogen-bond donors (Lipinski definition) is 2. The van der Waals surface area contributed by atoms with Gasteiger partial charge in [-0.05, 0) is 43.7 Å². The second kappa shape index (κ2) is 5.40. The first-order valence-electron chi connectivity index (χ1n) is 5.77. The third-order valence-corrected chi connectivity index (χ3v) is 3.28. The number of nitrogens with zero attached hydrogens (tertiary/aromatic N) is 1. The van der Waals surface area contributed by atoms with Gasteiger partial charge in [-0.15, -0.1) is 0 Å². The molecule has 0 radical (unpaired) electrons. The molecule has 3 N–H and O–H groups in total. The largest absolute Gasteiger partial charge is 0.397 e. The monoisotopic (exact) mass is 319 g/mol. The van der Waals surface area contributed by atoms with Gasteiger partial charge < -0.3 is 11.1 Å². The Kier molecular flexibility index (Phi) is 3.85. The molecule has 0 fully saturated rings. The highest BCUT2D eigenvalue weighted by molar-refractivity contribution is 9.10. The molecule has 0 aliphatic rings. The lowest BCUT2D eigenvalue weighted by molar-refractivity contribution is 0.102. The molecule has 0 unspecified atom stereocenters. The minimum absolute atomic E-state index is 0.206. The summed E-state index contributed by atoms with van der Waals surface area (Å²) in [4.78, 5) is 16.3. The Morgan fingerprint density at radius 3 is 2.74 bits per heavy atom. The lowest BCUT2D eigenvalue weighted by Crippen LogP contribution is -2.16. The maximum absolute atomic E-state index is 12.2. The molecule has 4 nitrogen and oxygen atoms in total. The topological polar surface area (TPSA) is 68.0 Å². The first-order chi connectivity index (χ1) is 8.99. The van der Waals surface area contributed by atoms with Gasteiger partial charge >= 0.3 is 0 Å². The van der Waals surface area contributed by atoms with Gasteiger partial charge in [0.15, 0.2) is 0 Å². The van der Waals surface area contributed by atoms with Gasteiger partial charge in [-0.2, -0.15) is 0 Å². The third kappa shape index (κ3) is 2.93. The van der Waals surface area contributed by atoms with Gasteiger partial charge in [0, 0.05) is 16.4 Å².